The number of benzene rings is 1. The second-order valence-corrected chi connectivity index (χ2v) is 5.15. The van der Waals surface area contributed by atoms with Crippen LogP contribution in [0.2, 0.25) is 10.0 Å². The first kappa shape index (κ1) is 16.6. The highest BCUT2D eigenvalue weighted by atomic mass is 35.5. The quantitative estimate of drug-likeness (QED) is 0.818. The fourth-order valence-corrected chi connectivity index (χ4v) is 2.05. The van der Waals surface area contributed by atoms with Gasteiger partial charge in [-0.3, -0.25) is 4.79 Å². The number of ether oxygens (including phenoxy) is 1. The highest BCUT2D eigenvalue weighted by Gasteiger charge is 2.20. The van der Waals surface area contributed by atoms with Crippen molar-refractivity contribution in [3.63, 3.8) is 0 Å². The lowest BCUT2D eigenvalue weighted by molar-refractivity contribution is -0.144. The number of methoxy groups -OCH3 is 1. The minimum Gasteiger partial charge on any atom is -0.467 e. The Labute approximate surface area is 127 Å². The van der Waals surface area contributed by atoms with Gasteiger partial charge in [0.25, 0.3) is 0 Å². The zero-order valence-electron chi connectivity index (χ0n) is 11.4. The molecule has 1 rings (SSSR count). The fourth-order valence-electron chi connectivity index (χ4n) is 1.53. The van der Waals surface area contributed by atoms with Crippen LogP contribution in [0.1, 0.15) is 13.8 Å². The largest absolute Gasteiger partial charge is 0.467 e. The van der Waals surface area contributed by atoms with Crippen LogP contribution >= 0.6 is 23.2 Å². The van der Waals surface area contributed by atoms with E-state index in [0.717, 1.165) is 0 Å². The van der Waals surface area contributed by atoms with Gasteiger partial charge in [0.15, 0.2) is 0 Å². The summed E-state index contributed by atoms with van der Waals surface area (Å²) in [5, 5.41) is 6.43. The van der Waals surface area contributed by atoms with Gasteiger partial charge in [-0.15, -0.1) is 0 Å². The summed E-state index contributed by atoms with van der Waals surface area (Å²) in [5.74, 6) is -0.838. The third-order valence-electron chi connectivity index (χ3n) is 2.55. The van der Waals surface area contributed by atoms with Gasteiger partial charge in [-0.1, -0.05) is 23.2 Å². The first-order valence-electron chi connectivity index (χ1n) is 5.94. The predicted octanol–water partition coefficient (Wildman–Crippen LogP) is 2.47. The van der Waals surface area contributed by atoms with E-state index in [4.69, 9.17) is 23.2 Å². The number of nitrogens with one attached hydrogen (secondary N) is 2. The monoisotopic (exact) mass is 318 g/mol. The highest BCUT2D eigenvalue weighted by Crippen LogP contribution is 2.22. The Morgan fingerprint density at radius 1 is 1.10 bits per heavy atom. The molecule has 0 aliphatic heterocycles. The Bertz CT molecular complexity index is 488. The van der Waals surface area contributed by atoms with Crippen LogP contribution in [0.15, 0.2) is 18.2 Å². The number of esters is 1. The molecular weight excluding hydrogens is 303 g/mol. The molecule has 5 nitrogen and oxygen atoms in total. The molecule has 0 bridgehead atoms. The van der Waals surface area contributed by atoms with Crippen LogP contribution in [0.25, 0.3) is 0 Å². The molecule has 0 aromatic heterocycles. The predicted molar refractivity (Wildman–Crippen MR) is 79.2 cm³/mol. The van der Waals surface area contributed by atoms with Gasteiger partial charge >= 0.3 is 5.97 Å². The van der Waals surface area contributed by atoms with Crippen LogP contribution in [0.4, 0.5) is 5.69 Å². The van der Waals surface area contributed by atoms with Crippen LogP contribution < -0.4 is 10.6 Å². The summed E-state index contributed by atoms with van der Waals surface area (Å²) in [6, 6.07) is 3.64. The summed E-state index contributed by atoms with van der Waals surface area (Å²) in [6.45, 7) is 3.21. The Balaban J connectivity index is 2.63. The average Bonchev–Trinajstić information content (AvgIpc) is 2.36. The van der Waals surface area contributed by atoms with E-state index in [2.05, 4.69) is 15.4 Å². The molecule has 2 N–H and O–H groups in total. The van der Waals surface area contributed by atoms with Crippen LogP contribution in [-0.2, 0) is 14.3 Å². The molecule has 2 atom stereocenters. The second kappa shape index (κ2) is 7.36. The molecule has 1 aromatic rings. The number of carbonyl (C=O) groups excluding carboxylic acids is 2. The van der Waals surface area contributed by atoms with Gasteiger partial charge in [-0.2, -0.15) is 0 Å². The number of anilines is 1. The van der Waals surface area contributed by atoms with E-state index in [1.807, 2.05) is 0 Å². The summed E-state index contributed by atoms with van der Waals surface area (Å²) >= 11 is 11.7. The lowest BCUT2D eigenvalue weighted by atomic mass is 10.2. The summed E-state index contributed by atoms with van der Waals surface area (Å²) in [5.41, 5.74) is 0.621. The van der Waals surface area contributed by atoms with Crippen molar-refractivity contribution in [2.45, 2.75) is 25.9 Å². The maximum absolute atomic E-state index is 11.9. The SMILES string of the molecule is COC(=O)[C@H](C)NC(=O)[C@H](C)Nc1cc(Cl)cc(Cl)c1. The van der Waals surface area contributed by atoms with Crippen molar-refractivity contribution in [1.29, 1.82) is 0 Å². The van der Waals surface area contributed by atoms with E-state index in [9.17, 15) is 9.59 Å². The Morgan fingerprint density at radius 3 is 2.15 bits per heavy atom. The normalized spacial score (nSPS) is 13.2. The zero-order valence-corrected chi connectivity index (χ0v) is 12.9. The van der Waals surface area contributed by atoms with Crippen LogP contribution in [0, 0.1) is 0 Å². The lowest BCUT2D eigenvalue weighted by Gasteiger charge is -2.18. The van der Waals surface area contributed by atoms with Gasteiger partial charge in [-0.05, 0) is 32.0 Å². The molecule has 0 heterocycles. The Kier molecular flexibility index (Phi) is 6.10. The van der Waals surface area contributed by atoms with Gasteiger partial charge in [0.05, 0.1) is 7.11 Å². The van der Waals surface area contributed by atoms with Crippen molar-refractivity contribution >= 4 is 40.8 Å². The van der Waals surface area contributed by atoms with Crippen LogP contribution in [-0.4, -0.2) is 31.1 Å². The molecule has 0 spiro atoms. The molecule has 0 unspecified atom stereocenters. The molecule has 20 heavy (non-hydrogen) atoms. The molecule has 0 aliphatic rings. The van der Waals surface area contributed by atoms with Crippen molar-refractivity contribution in [2.24, 2.45) is 0 Å². The van der Waals surface area contributed by atoms with E-state index in [1.165, 1.54) is 7.11 Å². The smallest absolute Gasteiger partial charge is 0.328 e. The van der Waals surface area contributed by atoms with E-state index < -0.39 is 18.1 Å². The Hall–Kier alpha value is -1.46. The number of hydrogen-bond donors (Lipinski definition) is 2. The summed E-state index contributed by atoms with van der Waals surface area (Å²) < 4.78 is 4.53. The highest BCUT2D eigenvalue weighted by molar-refractivity contribution is 6.35. The van der Waals surface area contributed by atoms with Gasteiger partial charge in [-0.25, -0.2) is 4.79 Å². The molecule has 0 saturated heterocycles. The average molecular weight is 319 g/mol. The molecule has 0 saturated carbocycles. The van der Waals surface area contributed by atoms with Gasteiger partial charge < -0.3 is 15.4 Å². The number of carbonyl (C=O) groups is 2. The van der Waals surface area contributed by atoms with Gasteiger partial charge in [0.2, 0.25) is 5.91 Å². The van der Waals surface area contributed by atoms with Gasteiger partial charge in [0, 0.05) is 15.7 Å². The lowest BCUT2D eigenvalue weighted by Crippen LogP contribution is -2.45. The van der Waals surface area contributed by atoms with Crippen molar-refractivity contribution < 1.29 is 14.3 Å². The summed E-state index contributed by atoms with van der Waals surface area (Å²) in [7, 11) is 1.26. The first-order chi connectivity index (χ1) is 9.33. The Morgan fingerprint density at radius 2 is 1.65 bits per heavy atom. The topological polar surface area (TPSA) is 67.4 Å². The fraction of sp³-hybridized carbons (Fsp3) is 0.385. The zero-order chi connectivity index (χ0) is 15.3. The molecular formula is C13H16Cl2N2O3. The first-order valence-corrected chi connectivity index (χ1v) is 6.70. The maximum Gasteiger partial charge on any atom is 0.328 e. The van der Waals surface area contributed by atoms with E-state index in [0.29, 0.717) is 15.7 Å². The van der Waals surface area contributed by atoms with E-state index in [1.54, 1.807) is 32.0 Å². The van der Waals surface area contributed by atoms with Crippen molar-refractivity contribution in [3.05, 3.63) is 28.2 Å². The maximum atomic E-state index is 11.9. The molecule has 1 amide bonds. The molecule has 0 fully saturated rings. The van der Waals surface area contributed by atoms with E-state index >= 15 is 0 Å². The molecule has 110 valence electrons. The van der Waals surface area contributed by atoms with Crippen molar-refractivity contribution in [2.75, 3.05) is 12.4 Å². The van der Waals surface area contributed by atoms with Crippen LogP contribution in [0.5, 0.6) is 0 Å². The molecule has 7 heteroatoms. The number of halogens is 2. The number of amides is 1. The van der Waals surface area contributed by atoms with Gasteiger partial charge in [0.1, 0.15) is 12.1 Å². The van der Waals surface area contributed by atoms with Crippen molar-refractivity contribution in [1.82, 2.24) is 5.32 Å². The number of rotatable bonds is 5. The second-order valence-electron chi connectivity index (χ2n) is 4.28. The van der Waals surface area contributed by atoms with Crippen molar-refractivity contribution in [3.8, 4) is 0 Å². The van der Waals surface area contributed by atoms with Crippen LogP contribution in [0.3, 0.4) is 0 Å². The minimum atomic E-state index is -0.709. The molecule has 1 aromatic carbocycles. The molecule has 0 radical (unpaired) electrons. The minimum absolute atomic E-state index is 0.334. The third kappa shape index (κ3) is 4.90. The molecule has 0 aliphatic carbocycles. The standard InChI is InChI=1S/C13H16Cl2N2O3/c1-7(12(18)17-8(2)13(19)20-3)16-11-5-9(14)4-10(15)6-11/h4-8,16H,1-3H3,(H,17,18)/t7-,8-/m0/s1. The third-order valence-corrected chi connectivity index (χ3v) is 2.99. The summed E-state index contributed by atoms with van der Waals surface area (Å²) in [6.07, 6.45) is 0. The summed E-state index contributed by atoms with van der Waals surface area (Å²) in [4.78, 5) is 23.1. The number of hydrogen-bond acceptors (Lipinski definition) is 4. The van der Waals surface area contributed by atoms with E-state index in [-0.39, 0.29) is 5.91 Å².